The zero-order chi connectivity index (χ0) is 31.6. The van der Waals surface area contributed by atoms with Crippen LogP contribution in [0.25, 0.3) is 22.3 Å². The summed E-state index contributed by atoms with van der Waals surface area (Å²) in [6.45, 7) is 9.03. The van der Waals surface area contributed by atoms with E-state index in [4.69, 9.17) is 9.47 Å². The van der Waals surface area contributed by atoms with Gasteiger partial charge in [-0.2, -0.15) is 0 Å². The zero-order valence-corrected chi connectivity index (χ0v) is 26.7. The van der Waals surface area contributed by atoms with Gasteiger partial charge in [0.15, 0.2) is 0 Å². The van der Waals surface area contributed by atoms with Crippen LogP contribution in [0.1, 0.15) is 27.7 Å². The molecule has 0 aliphatic carbocycles. The topological polar surface area (TPSA) is 24.9 Å². The number of benzene rings is 6. The Balaban J connectivity index is 1.32. The maximum atomic E-state index is 6.37. The standard InChI is InChI=1S/C42H38N2O2/c1-29(2)43-37-25-23-32(36-20-12-14-22-42(36)46-34-17-9-6-10-18-34)28-40(37)44(30(3)4)38-26-24-31(27-39(38)43)35-19-11-13-21-41(35)45-33-15-7-5-8-16-33/h5-30H,1-4H3. The van der Waals surface area contributed by atoms with E-state index in [1.165, 1.54) is 22.7 Å². The SMILES string of the molecule is CC(C)N1c2ccc(-c3ccccc3Oc3ccccc3)cc2N(C(C)C)c2ccc(-c3ccccc3Oc3ccccc3)cc21. The molecular formula is C42H38N2O2. The molecule has 0 atom stereocenters. The molecule has 0 amide bonds. The summed E-state index contributed by atoms with van der Waals surface area (Å²) in [7, 11) is 0. The van der Waals surface area contributed by atoms with Gasteiger partial charge in [-0.05, 0) is 99.5 Å². The largest absolute Gasteiger partial charge is 0.457 e. The first-order valence-electron chi connectivity index (χ1n) is 16.0. The third kappa shape index (κ3) is 5.59. The molecule has 4 heteroatoms. The van der Waals surface area contributed by atoms with E-state index in [0.717, 1.165) is 45.3 Å². The van der Waals surface area contributed by atoms with Crippen LogP contribution in [0.2, 0.25) is 0 Å². The molecule has 0 aromatic heterocycles. The number of para-hydroxylation sites is 4. The second-order valence-electron chi connectivity index (χ2n) is 12.2. The van der Waals surface area contributed by atoms with E-state index < -0.39 is 0 Å². The van der Waals surface area contributed by atoms with Crippen molar-refractivity contribution in [3.05, 3.63) is 146 Å². The van der Waals surface area contributed by atoms with Gasteiger partial charge < -0.3 is 19.3 Å². The maximum Gasteiger partial charge on any atom is 0.135 e. The lowest BCUT2D eigenvalue weighted by molar-refractivity contribution is 0.484. The van der Waals surface area contributed by atoms with Crippen LogP contribution in [0.4, 0.5) is 22.7 Å². The Bertz CT molecular complexity index is 1820. The monoisotopic (exact) mass is 602 g/mol. The molecule has 0 saturated heterocycles. The lowest BCUT2D eigenvalue weighted by Crippen LogP contribution is -2.36. The Kier molecular flexibility index (Phi) is 7.94. The summed E-state index contributed by atoms with van der Waals surface area (Å²) in [4.78, 5) is 4.92. The molecule has 6 aromatic rings. The quantitative estimate of drug-likeness (QED) is 0.173. The highest BCUT2D eigenvalue weighted by Gasteiger charge is 2.32. The van der Waals surface area contributed by atoms with Gasteiger partial charge >= 0.3 is 0 Å². The summed E-state index contributed by atoms with van der Waals surface area (Å²) in [6, 6.07) is 50.6. The van der Waals surface area contributed by atoms with Crippen molar-refractivity contribution in [1.29, 1.82) is 0 Å². The number of nitrogens with zero attached hydrogens (tertiary/aromatic N) is 2. The van der Waals surface area contributed by atoms with Crippen molar-refractivity contribution in [1.82, 2.24) is 0 Å². The van der Waals surface area contributed by atoms with Crippen LogP contribution in [0.5, 0.6) is 23.0 Å². The van der Waals surface area contributed by atoms with Gasteiger partial charge in [-0.1, -0.05) is 84.9 Å². The summed E-state index contributed by atoms with van der Waals surface area (Å²) in [6.07, 6.45) is 0. The molecule has 1 aliphatic rings. The van der Waals surface area contributed by atoms with Gasteiger partial charge in [-0.3, -0.25) is 0 Å². The molecule has 4 nitrogen and oxygen atoms in total. The van der Waals surface area contributed by atoms with Gasteiger partial charge in [0.25, 0.3) is 0 Å². The first kappa shape index (κ1) is 29.2. The molecule has 6 aromatic carbocycles. The highest BCUT2D eigenvalue weighted by Crippen LogP contribution is 2.52. The van der Waals surface area contributed by atoms with E-state index in [1.54, 1.807) is 0 Å². The Morgan fingerprint density at radius 3 is 1.15 bits per heavy atom. The smallest absolute Gasteiger partial charge is 0.135 e. The molecule has 0 unspecified atom stereocenters. The van der Waals surface area contributed by atoms with Crippen LogP contribution in [0.3, 0.4) is 0 Å². The Morgan fingerprint density at radius 1 is 0.391 bits per heavy atom. The molecule has 0 bridgehead atoms. The Morgan fingerprint density at radius 2 is 0.761 bits per heavy atom. The number of fused-ring (bicyclic) bond motifs is 2. The van der Waals surface area contributed by atoms with Crippen molar-refractivity contribution in [2.45, 2.75) is 39.8 Å². The third-order valence-corrected chi connectivity index (χ3v) is 8.36. The van der Waals surface area contributed by atoms with Gasteiger partial charge in [0, 0.05) is 23.2 Å². The fraction of sp³-hybridized carbons (Fsp3) is 0.143. The second-order valence-corrected chi connectivity index (χ2v) is 12.2. The van der Waals surface area contributed by atoms with Crippen LogP contribution in [-0.4, -0.2) is 12.1 Å². The molecule has 46 heavy (non-hydrogen) atoms. The molecule has 0 N–H and O–H groups in total. The average molecular weight is 603 g/mol. The van der Waals surface area contributed by atoms with E-state index in [2.05, 4.69) is 98.2 Å². The highest BCUT2D eigenvalue weighted by atomic mass is 16.5. The minimum Gasteiger partial charge on any atom is -0.457 e. The predicted molar refractivity (Wildman–Crippen MR) is 191 cm³/mol. The Hall–Kier alpha value is -5.48. The minimum absolute atomic E-state index is 0.234. The zero-order valence-electron chi connectivity index (χ0n) is 26.7. The van der Waals surface area contributed by atoms with E-state index in [0.29, 0.717) is 0 Å². The lowest BCUT2D eigenvalue weighted by Gasteiger charge is -2.44. The third-order valence-electron chi connectivity index (χ3n) is 8.36. The predicted octanol–water partition coefficient (Wildman–Crippen LogP) is 12.0. The lowest BCUT2D eigenvalue weighted by atomic mass is 9.96. The van der Waals surface area contributed by atoms with E-state index >= 15 is 0 Å². The van der Waals surface area contributed by atoms with Crippen LogP contribution < -0.4 is 19.3 Å². The van der Waals surface area contributed by atoms with Gasteiger partial charge in [-0.15, -0.1) is 0 Å². The first-order valence-corrected chi connectivity index (χ1v) is 16.0. The number of ether oxygens (including phenoxy) is 2. The first-order chi connectivity index (χ1) is 22.5. The molecule has 1 aliphatic heterocycles. The summed E-state index contributed by atoms with van der Waals surface area (Å²) in [5, 5.41) is 0. The molecule has 0 radical (unpaired) electrons. The van der Waals surface area contributed by atoms with Crippen molar-refractivity contribution in [2.75, 3.05) is 9.80 Å². The minimum atomic E-state index is 0.234. The fourth-order valence-corrected chi connectivity index (χ4v) is 6.37. The number of anilines is 4. The van der Waals surface area contributed by atoms with Gasteiger partial charge in [-0.25, -0.2) is 0 Å². The van der Waals surface area contributed by atoms with Crippen LogP contribution in [-0.2, 0) is 0 Å². The summed E-state index contributed by atoms with van der Waals surface area (Å²) in [5.41, 5.74) is 9.10. The van der Waals surface area contributed by atoms with Crippen molar-refractivity contribution in [3.8, 4) is 45.3 Å². The van der Waals surface area contributed by atoms with Gasteiger partial charge in [0.2, 0.25) is 0 Å². The molecule has 0 spiro atoms. The number of hydrogen-bond donors (Lipinski definition) is 0. The summed E-state index contributed by atoms with van der Waals surface area (Å²) >= 11 is 0. The van der Waals surface area contributed by atoms with E-state index in [-0.39, 0.29) is 12.1 Å². The van der Waals surface area contributed by atoms with Crippen molar-refractivity contribution in [3.63, 3.8) is 0 Å². The average Bonchev–Trinajstić information content (AvgIpc) is 3.08. The summed E-state index contributed by atoms with van der Waals surface area (Å²) < 4.78 is 12.7. The fourth-order valence-electron chi connectivity index (χ4n) is 6.37. The molecule has 0 fully saturated rings. The van der Waals surface area contributed by atoms with E-state index in [9.17, 15) is 0 Å². The van der Waals surface area contributed by atoms with Crippen LogP contribution >= 0.6 is 0 Å². The van der Waals surface area contributed by atoms with Crippen molar-refractivity contribution in [2.24, 2.45) is 0 Å². The molecule has 7 rings (SSSR count). The van der Waals surface area contributed by atoms with Gasteiger partial charge in [0.1, 0.15) is 23.0 Å². The van der Waals surface area contributed by atoms with Crippen LogP contribution in [0, 0.1) is 0 Å². The molecule has 228 valence electrons. The molecular weight excluding hydrogens is 564 g/mol. The van der Waals surface area contributed by atoms with E-state index in [1.807, 2.05) is 84.9 Å². The Labute approximate surface area is 272 Å². The van der Waals surface area contributed by atoms with Crippen molar-refractivity contribution < 1.29 is 9.47 Å². The normalized spacial score (nSPS) is 12.2. The maximum absolute atomic E-state index is 6.37. The highest BCUT2D eigenvalue weighted by molar-refractivity contribution is 5.97. The van der Waals surface area contributed by atoms with Gasteiger partial charge in [0.05, 0.1) is 22.7 Å². The molecule has 1 heterocycles. The van der Waals surface area contributed by atoms with Crippen LogP contribution in [0.15, 0.2) is 146 Å². The second kappa shape index (κ2) is 12.5. The van der Waals surface area contributed by atoms with Crippen molar-refractivity contribution >= 4 is 22.7 Å². The molecule has 0 saturated carbocycles. The number of rotatable bonds is 8. The summed E-state index contributed by atoms with van der Waals surface area (Å²) in [5.74, 6) is 3.32. The number of hydrogen-bond acceptors (Lipinski definition) is 4.